The van der Waals surface area contributed by atoms with E-state index in [4.69, 9.17) is 17.3 Å². The molecule has 0 saturated heterocycles. The Kier molecular flexibility index (Phi) is 4.87. The number of hydrogen-bond donors (Lipinski definition) is 2. The molecule has 2 aromatic rings. The third-order valence-corrected chi connectivity index (χ3v) is 4.10. The van der Waals surface area contributed by atoms with Gasteiger partial charge in [-0.15, -0.1) is 0 Å². The standard InChI is InChI=1S/C13H15ClN4O2S/c1-7(15)5-8-3-4-9(14)6-10(8)21-13-16-11(19)12(20)17-18(13)2/h3-4,6-7H,5,15H2,1-2H3,(H,17,20). The van der Waals surface area contributed by atoms with Crippen molar-refractivity contribution in [3.05, 3.63) is 49.5 Å². The molecule has 1 unspecified atom stereocenters. The van der Waals surface area contributed by atoms with Crippen LogP contribution in [0.4, 0.5) is 0 Å². The van der Waals surface area contributed by atoms with E-state index in [0.717, 1.165) is 10.5 Å². The van der Waals surface area contributed by atoms with Crippen molar-refractivity contribution < 1.29 is 0 Å². The molecule has 0 amide bonds. The van der Waals surface area contributed by atoms with Crippen LogP contribution in [-0.4, -0.2) is 20.8 Å². The Labute approximate surface area is 130 Å². The summed E-state index contributed by atoms with van der Waals surface area (Å²) >= 11 is 7.29. The first-order valence-corrected chi connectivity index (χ1v) is 7.45. The molecule has 3 N–H and O–H groups in total. The maximum Gasteiger partial charge on any atom is 0.339 e. The molecule has 1 aromatic heterocycles. The van der Waals surface area contributed by atoms with Crippen molar-refractivity contribution in [2.24, 2.45) is 12.8 Å². The summed E-state index contributed by atoms with van der Waals surface area (Å²) in [5.74, 6) is 0. The molecular weight excluding hydrogens is 312 g/mol. The minimum absolute atomic E-state index is 0.00196. The Morgan fingerprint density at radius 1 is 1.48 bits per heavy atom. The van der Waals surface area contributed by atoms with Crippen molar-refractivity contribution in [2.45, 2.75) is 29.4 Å². The first-order valence-electron chi connectivity index (χ1n) is 6.26. The molecule has 0 bridgehead atoms. The number of hydrogen-bond acceptors (Lipinski definition) is 5. The molecule has 0 fully saturated rings. The number of H-pyrrole nitrogens is 1. The van der Waals surface area contributed by atoms with Crippen molar-refractivity contribution >= 4 is 23.4 Å². The van der Waals surface area contributed by atoms with Crippen LogP contribution in [0.15, 0.2) is 37.8 Å². The van der Waals surface area contributed by atoms with Gasteiger partial charge in [-0.2, -0.15) is 4.98 Å². The molecule has 6 nitrogen and oxygen atoms in total. The third kappa shape index (κ3) is 3.96. The number of aryl methyl sites for hydroxylation is 1. The number of aromatic amines is 1. The minimum Gasteiger partial charge on any atom is -0.328 e. The molecule has 0 aliphatic carbocycles. The fraction of sp³-hybridized carbons (Fsp3) is 0.308. The number of halogens is 1. The molecule has 8 heteroatoms. The zero-order chi connectivity index (χ0) is 15.6. The second kappa shape index (κ2) is 6.46. The predicted molar refractivity (Wildman–Crippen MR) is 83.0 cm³/mol. The highest BCUT2D eigenvalue weighted by Gasteiger charge is 2.11. The van der Waals surface area contributed by atoms with Gasteiger partial charge in [-0.3, -0.25) is 19.4 Å². The zero-order valence-electron chi connectivity index (χ0n) is 11.6. The summed E-state index contributed by atoms with van der Waals surface area (Å²) in [4.78, 5) is 27.2. The summed E-state index contributed by atoms with van der Waals surface area (Å²) in [6.45, 7) is 1.91. The Balaban J connectivity index is 2.43. The number of benzene rings is 1. The molecule has 2 rings (SSSR count). The number of nitrogens with zero attached hydrogens (tertiary/aromatic N) is 2. The van der Waals surface area contributed by atoms with Gasteiger partial charge in [0.25, 0.3) is 0 Å². The molecule has 1 heterocycles. The van der Waals surface area contributed by atoms with Crippen molar-refractivity contribution in [1.82, 2.24) is 14.8 Å². The molecule has 0 aliphatic heterocycles. The smallest absolute Gasteiger partial charge is 0.328 e. The van der Waals surface area contributed by atoms with Crippen LogP contribution in [0.1, 0.15) is 12.5 Å². The average molecular weight is 327 g/mol. The second-order valence-electron chi connectivity index (χ2n) is 4.73. The topological polar surface area (TPSA) is 93.8 Å². The Morgan fingerprint density at radius 3 is 2.86 bits per heavy atom. The third-order valence-electron chi connectivity index (χ3n) is 2.72. The van der Waals surface area contributed by atoms with Gasteiger partial charge in [0.2, 0.25) is 0 Å². The average Bonchev–Trinajstić information content (AvgIpc) is 2.38. The van der Waals surface area contributed by atoms with Crippen LogP contribution < -0.4 is 16.9 Å². The highest BCUT2D eigenvalue weighted by molar-refractivity contribution is 7.99. The van der Waals surface area contributed by atoms with Crippen LogP contribution >= 0.6 is 23.4 Å². The molecule has 21 heavy (non-hydrogen) atoms. The maximum absolute atomic E-state index is 11.4. The molecule has 0 aliphatic rings. The molecular formula is C13H15ClN4O2S. The highest BCUT2D eigenvalue weighted by Crippen LogP contribution is 2.31. The molecule has 0 radical (unpaired) electrons. The lowest BCUT2D eigenvalue weighted by Gasteiger charge is -2.12. The van der Waals surface area contributed by atoms with E-state index < -0.39 is 11.1 Å². The second-order valence-corrected chi connectivity index (χ2v) is 6.18. The molecule has 112 valence electrons. The predicted octanol–water partition coefficient (Wildman–Crippen LogP) is 1.16. The largest absolute Gasteiger partial charge is 0.339 e. The molecule has 1 aromatic carbocycles. The van der Waals surface area contributed by atoms with Gasteiger partial charge in [0.05, 0.1) is 0 Å². The van der Waals surface area contributed by atoms with Gasteiger partial charge in [0.1, 0.15) is 0 Å². The summed E-state index contributed by atoms with van der Waals surface area (Å²) < 4.78 is 1.41. The van der Waals surface area contributed by atoms with Crippen LogP contribution in [0.25, 0.3) is 0 Å². The van der Waals surface area contributed by atoms with Gasteiger partial charge in [0, 0.05) is 23.0 Å². The van der Waals surface area contributed by atoms with E-state index >= 15 is 0 Å². The summed E-state index contributed by atoms with van der Waals surface area (Å²) in [6.07, 6.45) is 0.677. The van der Waals surface area contributed by atoms with E-state index in [-0.39, 0.29) is 6.04 Å². The van der Waals surface area contributed by atoms with Gasteiger partial charge in [-0.1, -0.05) is 17.7 Å². The first-order chi connectivity index (χ1) is 9.86. The van der Waals surface area contributed by atoms with Crippen LogP contribution in [0, 0.1) is 0 Å². The maximum atomic E-state index is 11.4. The van der Waals surface area contributed by atoms with Gasteiger partial charge in [-0.05, 0) is 42.8 Å². The van der Waals surface area contributed by atoms with E-state index in [9.17, 15) is 9.59 Å². The van der Waals surface area contributed by atoms with Crippen molar-refractivity contribution in [3.63, 3.8) is 0 Å². The fourth-order valence-electron chi connectivity index (χ4n) is 1.79. The SMILES string of the molecule is CC(N)Cc1ccc(Cl)cc1Sc1nc(=O)c(=O)[nH]n1C. The summed E-state index contributed by atoms with van der Waals surface area (Å²) in [6, 6.07) is 5.49. The van der Waals surface area contributed by atoms with Crippen molar-refractivity contribution in [1.29, 1.82) is 0 Å². The number of aromatic nitrogens is 3. The van der Waals surface area contributed by atoms with Crippen LogP contribution in [0.5, 0.6) is 0 Å². The zero-order valence-corrected chi connectivity index (χ0v) is 13.2. The lowest BCUT2D eigenvalue weighted by molar-refractivity contribution is 0.596. The lowest BCUT2D eigenvalue weighted by Crippen LogP contribution is -2.33. The summed E-state index contributed by atoms with van der Waals surface area (Å²) in [5.41, 5.74) is 5.29. The summed E-state index contributed by atoms with van der Waals surface area (Å²) in [5, 5.41) is 3.38. The Morgan fingerprint density at radius 2 is 2.19 bits per heavy atom. The highest BCUT2D eigenvalue weighted by atomic mass is 35.5. The van der Waals surface area contributed by atoms with Crippen LogP contribution in [0.3, 0.4) is 0 Å². The normalized spacial score (nSPS) is 12.4. The monoisotopic (exact) mass is 326 g/mol. The van der Waals surface area contributed by atoms with E-state index in [1.165, 1.54) is 16.4 Å². The van der Waals surface area contributed by atoms with Gasteiger partial charge in [-0.25, -0.2) is 0 Å². The van der Waals surface area contributed by atoms with E-state index in [1.807, 2.05) is 13.0 Å². The number of nitrogens with two attached hydrogens (primary N) is 1. The van der Waals surface area contributed by atoms with Crippen molar-refractivity contribution in [2.75, 3.05) is 0 Å². The number of rotatable bonds is 4. The Hall–Kier alpha value is -1.57. The summed E-state index contributed by atoms with van der Waals surface area (Å²) in [7, 11) is 1.62. The van der Waals surface area contributed by atoms with Crippen LogP contribution in [-0.2, 0) is 13.5 Å². The van der Waals surface area contributed by atoms with Gasteiger partial charge in [0.15, 0.2) is 5.16 Å². The van der Waals surface area contributed by atoms with Crippen molar-refractivity contribution in [3.8, 4) is 0 Å². The van der Waals surface area contributed by atoms with E-state index in [2.05, 4.69) is 10.1 Å². The molecule has 0 spiro atoms. The Bertz CT molecular complexity index is 769. The quantitative estimate of drug-likeness (QED) is 0.822. The van der Waals surface area contributed by atoms with E-state index in [0.29, 0.717) is 16.6 Å². The first kappa shape index (κ1) is 15.8. The van der Waals surface area contributed by atoms with Crippen LogP contribution in [0.2, 0.25) is 5.02 Å². The fourth-order valence-corrected chi connectivity index (χ4v) is 3.00. The van der Waals surface area contributed by atoms with Gasteiger partial charge < -0.3 is 5.73 Å². The molecule has 0 saturated carbocycles. The van der Waals surface area contributed by atoms with E-state index in [1.54, 1.807) is 19.2 Å². The van der Waals surface area contributed by atoms with Gasteiger partial charge >= 0.3 is 11.1 Å². The minimum atomic E-state index is -0.814. The molecule has 1 atom stereocenters. The number of nitrogens with one attached hydrogen (secondary N) is 1. The lowest BCUT2D eigenvalue weighted by atomic mass is 10.1.